The fourth-order valence-corrected chi connectivity index (χ4v) is 4.63. The van der Waals surface area contributed by atoms with E-state index >= 15 is 0 Å². The van der Waals surface area contributed by atoms with E-state index in [0.29, 0.717) is 12.0 Å². The van der Waals surface area contributed by atoms with Crippen molar-refractivity contribution in [3.05, 3.63) is 29.8 Å². The Labute approximate surface area is 187 Å². The van der Waals surface area contributed by atoms with Crippen molar-refractivity contribution in [1.82, 2.24) is 15.5 Å². The van der Waals surface area contributed by atoms with E-state index in [4.69, 9.17) is 4.74 Å². The van der Waals surface area contributed by atoms with Crippen molar-refractivity contribution in [2.75, 3.05) is 27.7 Å². The van der Waals surface area contributed by atoms with Crippen LogP contribution < -0.4 is 15.4 Å². The lowest BCUT2D eigenvalue weighted by Crippen LogP contribution is -2.56. The molecule has 2 saturated heterocycles. The van der Waals surface area contributed by atoms with Crippen LogP contribution in [0.25, 0.3) is 0 Å². The molecule has 3 atom stereocenters. The molecule has 0 saturated carbocycles. The Morgan fingerprint density at radius 2 is 1.86 bits per heavy atom. The molecule has 1 aromatic rings. The highest BCUT2D eigenvalue weighted by Crippen LogP contribution is 2.32. The van der Waals surface area contributed by atoms with Crippen molar-refractivity contribution < 1.29 is 4.74 Å². The van der Waals surface area contributed by atoms with E-state index in [1.807, 2.05) is 19.2 Å². The third kappa shape index (κ3) is 5.99. The Hall–Kier alpha value is -1.02. The summed E-state index contributed by atoms with van der Waals surface area (Å²) in [5.41, 5.74) is 1.35. The molecule has 2 aliphatic rings. The number of nitrogens with one attached hydrogen (secondary N) is 2. The number of halogens is 1. The Bertz CT molecular complexity index is 607. The van der Waals surface area contributed by atoms with Crippen LogP contribution in [0.3, 0.4) is 0 Å². The highest BCUT2D eigenvalue weighted by Gasteiger charge is 2.36. The molecule has 1 aromatic carbocycles. The van der Waals surface area contributed by atoms with Gasteiger partial charge in [0.15, 0.2) is 5.96 Å². The van der Waals surface area contributed by atoms with Crippen LogP contribution >= 0.6 is 24.0 Å². The number of benzene rings is 1. The van der Waals surface area contributed by atoms with E-state index in [-0.39, 0.29) is 24.0 Å². The van der Waals surface area contributed by atoms with Gasteiger partial charge in [-0.2, -0.15) is 0 Å². The maximum atomic E-state index is 5.24. The number of fused-ring (bicyclic) bond motifs is 2. The van der Waals surface area contributed by atoms with Gasteiger partial charge in [-0.1, -0.05) is 25.5 Å². The number of aliphatic imine (C=N–C) groups is 1. The Balaban J connectivity index is 0.00000280. The van der Waals surface area contributed by atoms with Gasteiger partial charge in [0.05, 0.1) is 7.11 Å². The first-order valence-electron chi connectivity index (χ1n) is 10.4. The molecule has 2 heterocycles. The Morgan fingerprint density at radius 1 is 1.21 bits per heavy atom. The standard InChI is InChI=1S/C22H36N4O.HI/c1-16(17-8-10-21(27-4)11-9-17)12-13-24-22(23-2)25-18-14-19-6-5-7-20(15-18)26(19)3;/h8-11,16,18-20H,5-7,12-15H2,1-4H3,(H2,23,24,25);1H. The molecule has 0 amide bonds. The molecule has 28 heavy (non-hydrogen) atoms. The van der Waals surface area contributed by atoms with E-state index < -0.39 is 0 Å². The second-order valence-electron chi connectivity index (χ2n) is 8.18. The maximum Gasteiger partial charge on any atom is 0.191 e. The minimum atomic E-state index is 0. The maximum absolute atomic E-state index is 5.24. The highest BCUT2D eigenvalue weighted by atomic mass is 127. The topological polar surface area (TPSA) is 48.9 Å². The summed E-state index contributed by atoms with van der Waals surface area (Å²) in [6.07, 6.45) is 7.62. The molecular weight excluding hydrogens is 463 g/mol. The largest absolute Gasteiger partial charge is 0.497 e. The summed E-state index contributed by atoms with van der Waals surface area (Å²) in [4.78, 5) is 7.06. The summed E-state index contributed by atoms with van der Waals surface area (Å²) in [6, 6.07) is 10.4. The summed E-state index contributed by atoms with van der Waals surface area (Å²) >= 11 is 0. The van der Waals surface area contributed by atoms with Crippen LogP contribution in [0.1, 0.15) is 56.9 Å². The van der Waals surface area contributed by atoms with Crippen molar-refractivity contribution in [2.45, 2.75) is 69.5 Å². The van der Waals surface area contributed by atoms with Crippen LogP contribution in [0.5, 0.6) is 5.75 Å². The molecule has 0 spiro atoms. The zero-order valence-electron chi connectivity index (χ0n) is 17.8. The summed E-state index contributed by atoms with van der Waals surface area (Å²) in [7, 11) is 5.88. The number of methoxy groups -OCH3 is 1. The van der Waals surface area contributed by atoms with E-state index in [1.54, 1.807) is 7.11 Å². The van der Waals surface area contributed by atoms with Gasteiger partial charge in [0.25, 0.3) is 0 Å². The fraction of sp³-hybridized carbons (Fsp3) is 0.682. The summed E-state index contributed by atoms with van der Waals surface area (Å²) in [6.45, 7) is 3.20. The predicted octanol–water partition coefficient (Wildman–Crippen LogP) is 3.99. The quantitative estimate of drug-likeness (QED) is 0.353. The number of guanidine groups is 1. The second-order valence-corrected chi connectivity index (χ2v) is 8.18. The first kappa shape index (κ1) is 23.3. The number of rotatable bonds is 6. The SMILES string of the molecule is CN=C(NCCC(C)c1ccc(OC)cc1)NC1CC2CCCC(C1)N2C.I. The molecule has 5 nitrogen and oxygen atoms in total. The molecule has 3 unspecified atom stereocenters. The zero-order valence-corrected chi connectivity index (χ0v) is 20.1. The lowest BCUT2D eigenvalue weighted by atomic mass is 9.82. The van der Waals surface area contributed by atoms with Crippen LogP contribution in [-0.2, 0) is 0 Å². The molecule has 0 aliphatic carbocycles. The molecule has 3 rings (SSSR count). The third-order valence-corrected chi connectivity index (χ3v) is 6.46. The van der Waals surface area contributed by atoms with Crippen LogP contribution in [0.15, 0.2) is 29.3 Å². The lowest BCUT2D eigenvalue weighted by molar-refractivity contribution is 0.0526. The molecule has 0 radical (unpaired) electrons. The first-order valence-corrected chi connectivity index (χ1v) is 10.4. The van der Waals surface area contributed by atoms with Gasteiger partial charge in [0, 0.05) is 31.7 Å². The average molecular weight is 500 g/mol. The van der Waals surface area contributed by atoms with Gasteiger partial charge in [-0.15, -0.1) is 24.0 Å². The predicted molar refractivity (Wildman–Crippen MR) is 128 cm³/mol. The summed E-state index contributed by atoms with van der Waals surface area (Å²) in [5, 5.41) is 7.20. The van der Waals surface area contributed by atoms with E-state index in [9.17, 15) is 0 Å². The average Bonchev–Trinajstić information content (AvgIpc) is 2.67. The van der Waals surface area contributed by atoms with Gasteiger partial charge in [-0.3, -0.25) is 4.99 Å². The normalized spacial score (nSPS) is 26.1. The van der Waals surface area contributed by atoms with Crippen molar-refractivity contribution >= 4 is 29.9 Å². The van der Waals surface area contributed by atoms with Crippen LogP contribution in [0.2, 0.25) is 0 Å². The summed E-state index contributed by atoms with van der Waals surface area (Å²) in [5.74, 6) is 2.37. The zero-order chi connectivity index (χ0) is 19.2. The monoisotopic (exact) mass is 500 g/mol. The van der Waals surface area contributed by atoms with Crippen LogP contribution in [0, 0.1) is 0 Å². The lowest BCUT2D eigenvalue weighted by Gasteiger charge is -2.47. The number of piperidine rings is 2. The van der Waals surface area contributed by atoms with Crippen molar-refractivity contribution in [2.24, 2.45) is 4.99 Å². The second kappa shape index (κ2) is 11.2. The molecule has 2 aliphatic heterocycles. The van der Waals surface area contributed by atoms with Gasteiger partial charge in [-0.25, -0.2) is 0 Å². The van der Waals surface area contributed by atoms with Crippen molar-refractivity contribution in [3.63, 3.8) is 0 Å². The van der Waals surface area contributed by atoms with Gasteiger partial charge in [0.2, 0.25) is 0 Å². The Kier molecular flexibility index (Phi) is 9.34. The van der Waals surface area contributed by atoms with Crippen LogP contribution in [0.4, 0.5) is 0 Å². The van der Waals surface area contributed by atoms with E-state index in [0.717, 1.165) is 36.8 Å². The number of hydrogen-bond donors (Lipinski definition) is 2. The van der Waals surface area contributed by atoms with Crippen molar-refractivity contribution in [3.8, 4) is 5.75 Å². The number of ether oxygens (including phenoxy) is 1. The van der Waals surface area contributed by atoms with Gasteiger partial charge >= 0.3 is 0 Å². The molecule has 0 aromatic heterocycles. The molecule has 158 valence electrons. The van der Waals surface area contributed by atoms with Crippen molar-refractivity contribution in [1.29, 1.82) is 0 Å². The first-order chi connectivity index (χ1) is 13.1. The van der Waals surface area contributed by atoms with Gasteiger partial charge in [0.1, 0.15) is 5.75 Å². The Morgan fingerprint density at radius 3 is 2.43 bits per heavy atom. The third-order valence-electron chi connectivity index (χ3n) is 6.46. The minimum Gasteiger partial charge on any atom is -0.497 e. The van der Waals surface area contributed by atoms with Crippen LogP contribution in [-0.4, -0.2) is 56.7 Å². The molecule has 6 heteroatoms. The van der Waals surface area contributed by atoms with E-state index in [1.165, 1.54) is 37.7 Å². The highest BCUT2D eigenvalue weighted by molar-refractivity contribution is 14.0. The van der Waals surface area contributed by atoms with Gasteiger partial charge in [-0.05, 0) is 62.8 Å². The molecular formula is C22H37IN4O. The molecule has 2 bridgehead atoms. The minimum absolute atomic E-state index is 0. The van der Waals surface area contributed by atoms with Gasteiger partial charge < -0.3 is 20.3 Å². The smallest absolute Gasteiger partial charge is 0.191 e. The molecule has 2 fully saturated rings. The van der Waals surface area contributed by atoms with E-state index in [2.05, 4.69) is 46.6 Å². The summed E-state index contributed by atoms with van der Waals surface area (Å²) < 4.78 is 5.24. The number of hydrogen-bond acceptors (Lipinski definition) is 3. The number of nitrogens with zero attached hydrogens (tertiary/aromatic N) is 2. The molecule has 2 N–H and O–H groups in total. The fourth-order valence-electron chi connectivity index (χ4n) is 4.63.